The van der Waals surface area contributed by atoms with Gasteiger partial charge in [0.1, 0.15) is 10.8 Å². The molecule has 118 valence electrons. The number of ether oxygens (including phenoxy) is 2. The predicted molar refractivity (Wildman–Crippen MR) is 80.1 cm³/mol. The second kappa shape index (κ2) is 7.76. The minimum absolute atomic E-state index is 0.0203. The maximum atomic E-state index is 13.5. The van der Waals surface area contributed by atoms with Crippen molar-refractivity contribution in [3.63, 3.8) is 0 Å². The van der Waals surface area contributed by atoms with E-state index in [0.717, 1.165) is 18.2 Å². The summed E-state index contributed by atoms with van der Waals surface area (Å²) in [6, 6.07) is 3.24. The minimum Gasteiger partial charge on any atom is -0.389 e. The zero-order valence-electron chi connectivity index (χ0n) is 11.6. The third kappa shape index (κ3) is 4.97. The maximum absolute atomic E-state index is 13.5. The Hall–Kier alpha value is -1.13. The van der Waals surface area contributed by atoms with Crippen LogP contribution in [-0.4, -0.2) is 46.9 Å². The molecule has 0 aliphatic rings. The molecule has 1 aromatic carbocycles. The van der Waals surface area contributed by atoms with Crippen LogP contribution in [0.1, 0.15) is 5.56 Å². The monoisotopic (exact) mass is 336 g/mol. The molecular weight excluding hydrogens is 319 g/mol. The van der Waals surface area contributed by atoms with E-state index in [-0.39, 0.29) is 28.6 Å². The van der Waals surface area contributed by atoms with E-state index in [1.54, 1.807) is 0 Å². The Balaban J connectivity index is 2.93. The molecule has 0 bridgehead atoms. The number of benzene rings is 1. The summed E-state index contributed by atoms with van der Waals surface area (Å²) in [7, 11) is -0.898. The van der Waals surface area contributed by atoms with Crippen molar-refractivity contribution in [2.24, 2.45) is 5.73 Å². The van der Waals surface area contributed by atoms with Crippen molar-refractivity contribution in [2.75, 3.05) is 27.4 Å². The molecule has 0 amide bonds. The lowest BCUT2D eigenvalue weighted by atomic mass is 10.2. The summed E-state index contributed by atoms with van der Waals surface area (Å²) in [6.07, 6.45) is -0.430. The average Bonchev–Trinajstić information content (AvgIpc) is 2.43. The van der Waals surface area contributed by atoms with Crippen LogP contribution in [0, 0.1) is 5.82 Å². The first kappa shape index (κ1) is 17.9. The van der Waals surface area contributed by atoms with Crippen LogP contribution in [0.4, 0.5) is 4.39 Å². The number of hydrogen-bond acceptors (Lipinski definition) is 5. The second-order valence-electron chi connectivity index (χ2n) is 4.17. The zero-order chi connectivity index (χ0) is 16.0. The highest BCUT2D eigenvalue weighted by Crippen LogP contribution is 2.15. The lowest BCUT2D eigenvalue weighted by molar-refractivity contribution is 0.0320. The van der Waals surface area contributed by atoms with E-state index in [9.17, 15) is 12.8 Å². The van der Waals surface area contributed by atoms with E-state index in [1.165, 1.54) is 14.2 Å². The number of rotatable bonds is 8. The Kier molecular flexibility index (Phi) is 6.62. The molecule has 6 nitrogen and oxygen atoms in total. The summed E-state index contributed by atoms with van der Waals surface area (Å²) in [5.41, 5.74) is 5.23. The standard InChI is InChI=1S/C12H17FN2O4S2/c1-18-7-8(19-2)6-15-21(16,17)9-3-4-11(13)10(5-9)12(14)20/h3-5,8,15H,6-7H2,1-2H3,(H2,14,20). The molecule has 9 heteroatoms. The van der Waals surface area contributed by atoms with Crippen LogP contribution in [0.3, 0.4) is 0 Å². The molecule has 1 atom stereocenters. The van der Waals surface area contributed by atoms with Crippen LogP contribution in [0.2, 0.25) is 0 Å². The van der Waals surface area contributed by atoms with E-state index in [4.69, 9.17) is 15.2 Å². The molecule has 0 aliphatic heterocycles. The fourth-order valence-corrected chi connectivity index (χ4v) is 2.79. The number of sulfonamides is 1. The first-order valence-corrected chi connectivity index (χ1v) is 7.81. The molecule has 21 heavy (non-hydrogen) atoms. The molecule has 0 saturated heterocycles. The number of nitrogens with two attached hydrogens (primary N) is 1. The number of nitrogens with one attached hydrogen (secondary N) is 1. The van der Waals surface area contributed by atoms with Crippen LogP contribution in [0.25, 0.3) is 0 Å². The Morgan fingerprint density at radius 3 is 2.67 bits per heavy atom. The summed E-state index contributed by atoms with van der Waals surface area (Å²) in [5.74, 6) is -0.671. The Bertz CT molecular complexity index is 607. The summed E-state index contributed by atoms with van der Waals surface area (Å²) in [6.45, 7) is 0.257. The Morgan fingerprint density at radius 2 is 2.14 bits per heavy atom. The molecule has 0 saturated carbocycles. The quantitative estimate of drug-likeness (QED) is 0.668. The van der Waals surface area contributed by atoms with E-state index >= 15 is 0 Å². The third-order valence-electron chi connectivity index (χ3n) is 2.70. The summed E-state index contributed by atoms with van der Waals surface area (Å²) in [4.78, 5) is -0.335. The van der Waals surface area contributed by atoms with Crippen LogP contribution in [0.15, 0.2) is 23.1 Å². The molecular formula is C12H17FN2O4S2. The van der Waals surface area contributed by atoms with Gasteiger partial charge in [-0.1, -0.05) is 12.2 Å². The van der Waals surface area contributed by atoms with E-state index in [2.05, 4.69) is 16.9 Å². The topological polar surface area (TPSA) is 90.7 Å². The lowest BCUT2D eigenvalue weighted by Crippen LogP contribution is -2.35. The van der Waals surface area contributed by atoms with Crippen molar-refractivity contribution >= 4 is 27.2 Å². The van der Waals surface area contributed by atoms with Gasteiger partial charge in [-0.3, -0.25) is 0 Å². The highest BCUT2D eigenvalue weighted by molar-refractivity contribution is 7.89. The highest BCUT2D eigenvalue weighted by Gasteiger charge is 2.19. The Labute approximate surface area is 128 Å². The molecule has 0 fully saturated rings. The molecule has 0 spiro atoms. The SMILES string of the molecule is COCC(CNS(=O)(=O)c1ccc(F)c(C(N)=S)c1)OC. The zero-order valence-corrected chi connectivity index (χ0v) is 13.3. The third-order valence-corrected chi connectivity index (χ3v) is 4.34. The second-order valence-corrected chi connectivity index (χ2v) is 6.38. The molecule has 0 heterocycles. The molecule has 0 aliphatic carbocycles. The van der Waals surface area contributed by atoms with Gasteiger partial charge in [0.15, 0.2) is 0 Å². The first-order valence-electron chi connectivity index (χ1n) is 5.92. The smallest absolute Gasteiger partial charge is 0.240 e. The lowest BCUT2D eigenvalue weighted by Gasteiger charge is -2.15. The summed E-state index contributed by atoms with van der Waals surface area (Å²) >= 11 is 4.68. The minimum atomic E-state index is -3.82. The van der Waals surface area contributed by atoms with Gasteiger partial charge < -0.3 is 15.2 Å². The Morgan fingerprint density at radius 1 is 1.48 bits per heavy atom. The van der Waals surface area contributed by atoms with Crippen molar-refractivity contribution in [3.8, 4) is 0 Å². The highest BCUT2D eigenvalue weighted by atomic mass is 32.2. The van der Waals surface area contributed by atoms with Gasteiger partial charge in [0, 0.05) is 26.3 Å². The molecule has 1 unspecified atom stereocenters. The van der Waals surface area contributed by atoms with E-state index in [0.29, 0.717) is 0 Å². The van der Waals surface area contributed by atoms with Crippen LogP contribution in [-0.2, 0) is 19.5 Å². The van der Waals surface area contributed by atoms with Gasteiger partial charge in [-0.15, -0.1) is 0 Å². The number of halogens is 1. The predicted octanol–water partition coefficient (Wildman–Crippen LogP) is 0.400. The normalized spacial score (nSPS) is 13.1. The first-order chi connectivity index (χ1) is 9.81. The van der Waals surface area contributed by atoms with Crippen molar-refractivity contribution < 1.29 is 22.3 Å². The largest absolute Gasteiger partial charge is 0.389 e. The number of hydrogen-bond donors (Lipinski definition) is 2. The number of thiocarbonyl (C=S) groups is 1. The van der Waals surface area contributed by atoms with Crippen molar-refractivity contribution in [3.05, 3.63) is 29.6 Å². The molecule has 0 radical (unpaired) electrons. The van der Waals surface area contributed by atoms with Gasteiger partial charge >= 0.3 is 0 Å². The van der Waals surface area contributed by atoms with Gasteiger partial charge in [0.05, 0.1) is 17.6 Å². The summed E-state index contributed by atoms with van der Waals surface area (Å²) < 4.78 is 50.0. The van der Waals surface area contributed by atoms with Crippen LogP contribution < -0.4 is 10.5 Å². The molecule has 0 aromatic heterocycles. The van der Waals surface area contributed by atoms with Gasteiger partial charge in [-0.25, -0.2) is 17.5 Å². The van der Waals surface area contributed by atoms with Gasteiger partial charge in [-0.05, 0) is 18.2 Å². The number of methoxy groups -OCH3 is 2. The maximum Gasteiger partial charge on any atom is 0.240 e. The van der Waals surface area contributed by atoms with Gasteiger partial charge in [0.2, 0.25) is 10.0 Å². The van der Waals surface area contributed by atoms with Crippen molar-refractivity contribution in [2.45, 2.75) is 11.0 Å². The van der Waals surface area contributed by atoms with Gasteiger partial charge in [-0.2, -0.15) is 0 Å². The van der Waals surface area contributed by atoms with Crippen LogP contribution in [0.5, 0.6) is 0 Å². The molecule has 1 rings (SSSR count). The summed E-state index contributed by atoms with van der Waals surface area (Å²) in [5, 5.41) is 0. The van der Waals surface area contributed by atoms with Crippen molar-refractivity contribution in [1.29, 1.82) is 0 Å². The van der Waals surface area contributed by atoms with E-state index < -0.39 is 21.9 Å². The molecule has 1 aromatic rings. The molecule has 3 N–H and O–H groups in total. The average molecular weight is 336 g/mol. The van der Waals surface area contributed by atoms with Gasteiger partial charge in [0.25, 0.3) is 0 Å². The van der Waals surface area contributed by atoms with Crippen LogP contribution >= 0.6 is 12.2 Å². The van der Waals surface area contributed by atoms with Crippen molar-refractivity contribution in [1.82, 2.24) is 4.72 Å². The fourth-order valence-electron chi connectivity index (χ4n) is 1.54. The fraction of sp³-hybridized carbons (Fsp3) is 0.417. The van der Waals surface area contributed by atoms with E-state index in [1.807, 2.05) is 0 Å².